The van der Waals surface area contributed by atoms with E-state index in [0.29, 0.717) is 31.7 Å². The Morgan fingerprint density at radius 2 is 1.91 bits per heavy atom. The number of hydrogen-bond donors (Lipinski definition) is 0. The van der Waals surface area contributed by atoms with Gasteiger partial charge in [-0.2, -0.15) is 8.42 Å². The van der Waals surface area contributed by atoms with E-state index in [0.717, 1.165) is 12.8 Å². The smallest absolute Gasteiger partial charge is 0.339 e. The number of rotatable bonds is 10. The molecular weight excluding hydrogens is 501 g/mol. The number of methoxy groups -OCH3 is 1. The molecule has 186 valence electrons. The first-order chi connectivity index (χ1) is 16.1. The average Bonchev–Trinajstić information content (AvgIpc) is 3.28. The molecule has 1 aliphatic rings. The van der Waals surface area contributed by atoms with Crippen molar-refractivity contribution < 1.29 is 26.9 Å². The van der Waals surface area contributed by atoms with Gasteiger partial charge in [-0.25, -0.2) is 0 Å². The monoisotopic (exact) mass is 529 g/mol. The third kappa shape index (κ3) is 7.01. The van der Waals surface area contributed by atoms with Gasteiger partial charge in [0.1, 0.15) is 4.90 Å². The third-order valence-corrected chi connectivity index (χ3v) is 7.33. The molecule has 0 spiro atoms. The fourth-order valence-corrected chi connectivity index (χ4v) is 4.99. The number of hydrogen-bond acceptors (Lipinski definition) is 6. The zero-order valence-electron chi connectivity index (χ0n) is 19.4. The largest absolute Gasteiger partial charge is 0.493 e. The van der Waals surface area contributed by atoms with Crippen LogP contribution in [0.4, 0.5) is 0 Å². The van der Waals surface area contributed by atoms with Gasteiger partial charge in [-0.05, 0) is 54.7 Å². The molecule has 10 heteroatoms. The summed E-state index contributed by atoms with van der Waals surface area (Å²) in [5.74, 6) is 0.490. The maximum absolute atomic E-state index is 12.9. The first kappa shape index (κ1) is 26.6. The Kier molecular flexibility index (Phi) is 9.09. The second-order valence-electron chi connectivity index (χ2n) is 8.61. The van der Waals surface area contributed by atoms with E-state index in [1.165, 1.54) is 25.3 Å². The van der Waals surface area contributed by atoms with Crippen LogP contribution in [-0.2, 0) is 26.2 Å². The maximum atomic E-state index is 12.9. The van der Waals surface area contributed by atoms with Gasteiger partial charge in [0.25, 0.3) is 0 Å². The van der Waals surface area contributed by atoms with Crippen LogP contribution in [0.5, 0.6) is 11.5 Å². The van der Waals surface area contributed by atoms with Crippen molar-refractivity contribution in [2.75, 3.05) is 20.3 Å². The minimum Gasteiger partial charge on any atom is -0.493 e. The molecule has 0 aliphatic carbocycles. The molecule has 2 aromatic carbocycles. The minimum atomic E-state index is -4.20. The molecule has 0 saturated carbocycles. The van der Waals surface area contributed by atoms with Crippen molar-refractivity contribution in [3.05, 3.63) is 52.0 Å². The predicted molar refractivity (Wildman–Crippen MR) is 131 cm³/mol. The van der Waals surface area contributed by atoms with Gasteiger partial charge < -0.3 is 18.6 Å². The van der Waals surface area contributed by atoms with E-state index in [1.807, 2.05) is 13.8 Å². The van der Waals surface area contributed by atoms with Crippen molar-refractivity contribution in [3.63, 3.8) is 0 Å². The van der Waals surface area contributed by atoms with Gasteiger partial charge in [-0.15, -0.1) is 0 Å². The van der Waals surface area contributed by atoms with Gasteiger partial charge in [0.2, 0.25) is 5.91 Å². The van der Waals surface area contributed by atoms with E-state index in [9.17, 15) is 13.2 Å². The van der Waals surface area contributed by atoms with Crippen molar-refractivity contribution in [3.8, 4) is 11.5 Å². The number of carbonyl (C=O) groups excluding carboxylic acids is 1. The second-order valence-corrected chi connectivity index (χ2v) is 11.0. The molecule has 34 heavy (non-hydrogen) atoms. The van der Waals surface area contributed by atoms with E-state index < -0.39 is 10.1 Å². The highest BCUT2D eigenvalue weighted by Gasteiger charge is 2.25. The molecule has 0 radical (unpaired) electrons. The lowest BCUT2D eigenvalue weighted by Gasteiger charge is -2.26. The fourth-order valence-electron chi connectivity index (χ4n) is 3.67. The lowest BCUT2D eigenvalue weighted by molar-refractivity contribution is -0.134. The summed E-state index contributed by atoms with van der Waals surface area (Å²) in [5, 5.41) is 0.332. The van der Waals surface area contributed by atoms with E-state index in [-0.39, 0.29) is 44.4 Å². The SMILES string of the molecule is COc1ccc(CN(CC2CCCO2)C(=O)CC(C)C)cc1OS(=O)(=O)c1ccc(Cl)c(Cl)c1. The summed E-state index contributed by atoms with van der Waals surface area (Å²) in [6, 6.07) is 8.89. The van der Waals surface area contributed by atoms with E-state index in [1.54, 1.807) is 23.1 Å². The standard InChI is InChI=1S/C24H29Cl2NO6S/c1-16(2)11-24(28)27(15-18-5-4-10-32-18)14-17-6-9-22(31-3)23(12-17)33-34(29,30)19-7-8-20(25)21(26)13-19/h6-9,12-13,16,18H,4-5,10-11,14-15H2,1-3H3. The van der Waals surface area contributed by atoms with Crippen LogP contribution in [0, 0.1) is 5.92 Å². The number of carbonyl (C=O) groups is 1. The molecule has 0 bridgehead atoms. The van der Waals surface area contributed by atoms with Crippen LogP contribution >= 0.6 is 23.2 Å². The van der Waals surface area contributed by atoms with Crippen LogP contribution in [-0.4, -0.2) is 45.6 Å². The highest BCUT2D eigenvalue weighted by atomic mass is 35.5. The first-order valence-electron chi connectivity index (χ1n) is 11.0. The van der Waals surface area contributed by atoms with Gasteiger partial charge >= 0.3 is 10.1 Å². The summed E-state index contributed by atoms with van der Waals surface area (Å²) in [4.78, 5) is 14.5. The zero-order valence-corrected chi connectivity index (χ0v) is 21.8. The van der Waals surface area contributed by atoms with Crippen LogP contribution in [0.15, 0.2) is 41.3 Å². The molecule has 1 aliphatic heterocycles. The van der Waals surface area contributed by atoms with Crippen LogP contribution in [0.2, 0.25) is 10.0 Å². The Morgan fingerprint density at radius 3 is 2.53 bits per heavy atom. The van der Waals surface area contributed by atoms with Gasteiger partial charge in [-0.3, -0.25) is 4.79 Å². The Hall–Kier alpha value is -2.00. The predicted octanol–water partition coefficient (Wildman–Crippen LogP) is 5.32. The molecule has 2 aromatic rings. The van der Waals surface area contributed by atoms with Crippen LogP contribution in [0.1, 0.15) is 38.7 Å². The third-order valence-electron chi connectivity index (χ3n) is 5.36. The molecule has 1 heterocycles. The van der Waals surface area contributed by atoms with Crippen molar-refractivity contribution in [1.29, 1.82) is 0 Å². The minimum absolute atomic E-state index is 0.000104. The molecule has 1 unspecified atom stereocenters. The lowest BCUT2D eigenvalue weighted by Crippen LogP contribution is -2.37. The number of nitrogens with zero attached hydrogens (tertiary/aromatic N) is 1. The van der Waals surface area contributed by atoms with E-state index >= 15 is 0 Å². The quantitative estimate of drug-likeness (QED) is 0.387. The molecule has 1 fully saturated rings. The van der Waals surface area contributed by atoms with Crippen molar-refractivity contribution >= 4 is 39.2 Å². The lowest BCUT2D eigenvalue weighted by atomic mass is 10.1. The molecule has 0 aromatic heterocycles. The topological polar surface area (TPSA) is 82.1 Å². The summed E-state index contributed by atoms with van der Waals surface area (Å²) in [5.41, 5.74) is 0.704. The molecular formula is C24H29Cl2NO6S. The highest BCUT2D eigenvalue weighted by Crippen LogP contribution is 2.33. The fraction of sp³-hybridized carbons (Fsp3) is 0.458. The Labute approximate surface area is 211 Å². The Morgan fingerprint density at radius 1 is 1.15 bits per heavy atom. The van der Waals surface area contributed by atoms with Crippen LogP contribution in [0.3, 0.4) is 0 Å². The van der Waals surface area contributed by atoms with Crippen LogP contribution < -0.4 is 8.92 Å². The molecule has 1 amide bonds. The summed E-state index contributed by atoms with van der Waals surface area (Å²) in [6.45, 7) is 5.46. The first-order valence-corrected chi connectivity index (χ1v) is 13.2. The summed E-state index contributed by atoms with van der Waals surface area (Å²) >= 11 is 11.9. The highest BCUT2D eigenvalue weighted by molar-refractivity contribution is 7.87. The molecule has 3 rings (SSSR count). The van der Waals surface area contributed by atoms with Crippen LogP contribution in [0.25, 0.3) is 0 Å². The summed E-state index contributed by atoms with van der Waals surface area (Å²) in [7, 11) is -2.78. The molecule has 7 nitrogen and oxygen atoms in total. The van der Waals surface area contributed by atoms with Gasteiger partial charge in [0.15, 0.2) is 11.5 Å². The van der Waals surface area contributed by atoms with Gasteiger partial charge in [-0.1, -0.05) is 43.1 Å². The van der Waals surface area contributed by atoms with Gasteiger partial charge in [0, 0.05) is 26.1 Å². The van der Waals surface area contributed by atoms with E-state index in [2.05, 4.69) is 0 Å². The Bertz CT molecular complexity index is 1120. The van der Waals surface area contributed by atoms with Crippen molar-refractivity contribution in [2.45, 2.75) is 50.7 Å². The number of ether oxygens (including phenoxy) is 2. The number of amides is 1. The molecule has 1 saturated heterocycles. The molecule has 0 N–H and O–H groups in total. The zero-order chi connectivity index (χ0) is 24.9. The second kappa shape index (κ2) is 11.6. The number of halogens is 2. The normalized spacial score (nSPS) is 16.0. The van der Waals surface area contributed by atoms with Crippen molar-refractivity contribution in [2.24, 2.45) is 5.92 Å². The summed E-state index contributed by atoms with van der Waals surface area (Å²) in [6.07, 6.45) is 2.30. The summed E-state index contributed by atoms with van der Waals surface area (Å²) < 4.78 is 42.2. The van der Waals surface area contributed by atoms with Crippen molar-refractivity contribution in [1.82, 2.24) is 4.90 Å². The van der Waals surface area contributed by atoms with Gasteiger partial charge in [0.05, 0.1) is 23.3 Å². The number of benzene rings is 2. The average molecular weight is 530 g/mol. The van der Waals surface area contributed by atoms with E-state index in [4.69, 9.17) is 36.9 Å². The Balaban J connectivity index is 1.85. The molecule has 1 atom stereocenters. The maximum Gasteiger partial charge on any atom is 0.339 e.